The molecule has 7 nitrogen and oxygen atoms in total. The first-order valence-electron chi connectivity index (χ1n) is 8.20. The summed E-state index contributed by atoms with van der Waals surface area (Å²) >= 11 is 0. The quantitative estimate of drug-likeness (QED) is 0.650. The summed E-state index contributed by atoms with van der Waals surface area (Å²) in [5, 5.41) is 32.2. The minimum Gasteiger partial charge on any atom is -0.387 e. The van der Waals surface area contributed by atoms with Crippen LogP contribution in [0.25, 0.3) is 11.0 Å². The Labute approximate surface area is 148 Å². The maximum Gasteiger partial charge on any atom is 0.164 e. The van der Waals surface area contributed by atoms with E-state index in [2.05, 4.69) is 9.97 Å². The molecule has 0 radical (unpaired) electrons. The number of nitrogens with zero attached hydrogens (tertiary/aromatic N) is 3. The summed E-state index contributed by atoms with van der Waals surface area (Å²) in [5.41, 5.74) is 1.73. The molecule has 0 saturated carbocycles. The van der Waals surface area contributed by atoms with Gasteiger partial charge in [0, 0.05) is 11.6 Å². The molecule has 5 atom stereocenters. The van der Waals surface area contributed by atoms with Gasteiger partial charge in [0.1, 0.15) is 42.2 Å². The zero-order valence-corrected chi connectivity index (χ0v) is 13.9. The van der Waals surface area contributed by atoms with Crippen LogP contribution < -0.4 is 0 Å². The van der Waals surface area contributed by atoms with Crippen LogP contribution in [0, 0.1) is 12.7 Å². The molecule has 2 aromatic heterocycles. The van der Waals surface area contributed by atoms with Crippen LogP contribution >= 0.6 is 0 Å². The largest absolute Gasteiger partial charge is 0.387 e. The SMILES string of the molecule is Cc1ncnc2c1ccn2[C@@H]1O[C@@H]([C@@H](O)c2ccc(F)cc2)[C@@H](O)[C@H]1O. The van der Waals surface area contributed by atoms with E-state index in [1.54, 1.807) is 16.8 Å². The van der Waals surface area contributed by atoms with E-state index < -0.39 is 36.5 Å². The van der Waals surface area contributed by atoms with Crippen LogP contribution in [0.2, 0.25) is 0 Å². The lowest BCUT2D eigenvalue weighted by molar-refractivity contribution is -0.0848. The lowest BCUT2D eigenvalue weighted by Crippen LogP contribution is -2.34. The Morgan fingerprint density at radius 3 is 2.58 bits per heavy atom. The first-order valence-corrected chi connectivity index (χ1v) is 8.20. The van der Waals surface area contributed by atoms with Crippen molar-refractivity contribution in [3.05, 3.63) is 59.9 Å². The molecule has 4 rings (SSSR count). The van der Waals surface area contributed by atoms with Gasteiger partial charge in [-0.25, -0.2) is 14.4 Å². The maximum absolute atomic E-state index is 13.1. The monoisotopic (exact) mass is 359 g/mol. The molecule has 8 heteroatoms. The molecular weight excluding hydrogens is 341 g/mol. The van der Waals surface area contributed by atoms with Gasteiger partial charge in [-0.15, -0.1) is 0 Å². The van der Waals surface area contributed by atoms with Crippen molar-refractivity contribution < 1.29 is 24.4 Å². The molecular formula is C18H18FN3O4. The third-order valence-electron chi connectivity index (χ3n) is 4.78. The highest BCUT2D eigenvalue weighted by Crippen LogP contribution is 2.37. The second-order valence-corrected chi connectivity index (χ2v) is 6.39. The van der Waals surface area contributed by atoms with Gasteiger partial charge >= 0.3 is 0 Å². The number of hydrogen-bond acceptors (Lipinski definition) is 6. The molecule has 136 valence electrons. The number of aromatic nitrogens is 3. The molecule has 0 spiro atoms. The van der Waals surface area contributed by atoms with Crippen molar-refractivity contribution in [3.8, 4) is 0 Å². The Morgan fingerprint density at radius 2 is 1.85 bits per heavy atom. The number of hydrogen-bond donors (Lipinski definition) is 3. The van der Waals surface area contributed by atoms with Crippen molar-refractivity contribution >= 4 is 11.0 Å². The van der Waals surface area contributed by atoms with E-state index in [1.165, 1.54) is 30.6 Å². The molecule has 1 aliphatic heterocycles. The van der Waals surface area contributed by atoms with Gasteiger partial charge in [-0.05, 0) is 30.7 Å². The zero-order chi connectivity index (χ0) is 18.4. The Bertz CT molecular complexity index is 930. The fourth-order valence-corrected chi connectivity index (χ4v) is 3.33. The summed E-state index contributed by atoms with van der Waals surface area (Å²) in [6, 6.07) is 7.06. The molecule has 3 aromatic rings. The third kappa shape index (κ3) is 2.67. The van der Waals surface area contributed by atoms with Crippen molar-refractivity contribution in [3.63, 3.8) is 0 Å². The summed E-state index contributed by atoms with van der Waals surface area (Å²) in [4.78, 5) is 8.34. The highest BCUT2D eigenvalue weighted by molar-refractivity contribution is 5.78. The minimum atomic E-state index is -1.32. The van der Waals surface area contributed by atoms with Gasteiger partial charge in [-0.1, -0.05) is 12.1 Å². The van der Waals surface area contributed by atoms with Crippen molar-refractivity contribution in [1.82, 2.24) is 14.5 Å². The van der Waals surface area contributed by atoms with Crippen LogP contribution in [0.4, 0.5) is 4.39 Å². The Morgan fingerprint density at radius 1 is 1.12 bits per heavy atom. The van der Waals surface area contributed by atoms with Gasteiger partial charge in [0.15, 0.2) is 6.23 Å². The molecule has 0 aliphatic carbocycles. The summed E-state index contributed by atoms with van der Waals surface area (Å²) in [7, 11) is 0. The van der Waals surface area contributed by atoms with Gasteiger partial charge in [-0.2, -0.15) is 0 Å². The van der Waals surface area contributed by atoms with E-state index in [1.807, 2.05) is 6.92 Å². The molecule has 1 saturated heterocycles. The van der Waals surface area contributed by atoms with Crippen LogP contribution in [0.5, 0.6) is 0 Å². The zero-order valence-electron chi connectivity index (χ0n) is 13.9. The van der Waals surface area contributed by atoms with Crippen LogP contribution in [0.1, 0.15) is 23.6 Å². The van der Waals surface area contributed by atoms with E-state index in [0.29, 0.717) is 11.2 Å². The van der Waals surface area contributed by atoms with Gasteiger partial charge < -0.3 is 24.6 Å². The predicted octanol–water partition coefficient (Wildman–Crippen LogP) is 1.23. The average molecular weight is 359 g/mol. The van der Waals surface area contributed by atoms with Crippen molar-refractivity contribution in [2.45, 2.75) is 37.6 Å². The lowest BCUT2D eigenvalue weighted by Gasteiger charge is -2.21. The van der Waals surface area contributed by atoms with Crippen LogP contribution in [-0.2, 0) is 4.74 Å². The number of aryl methyl sites for hydroxylation is 1. The van der Waals surface area contributed by atoms with Crippen LogP contribution in [0.3, 0.4) is 0 Å². The van der Waals surface area contributed by atoms with Gasteiger partial charge in [0.25, 0.3) is 0 Å². The molecule has 1 fully saturated rings. The second kappa shape index (κ2) is 6.40. The fourth-order valence-electron chi connectivity index (χ4n) is 3.33. The van der Waals surface area contributed by atoms with E-state index >= 15 is 0 Å². The van der Waals surface area contributed by atoms with Gasteiger partial charge in [0.2, 0.25) is 0 Å². The number of halogens is 1. The highest BCUT2D eigenvalue weighted by Gasteiger charge is 2.47. The van der Waals surface area contributed by atoms with Gasteiger partial charge in [0.05, 0.1) is 5.69 Å². The average Bonchev–Trinajstić information content (AvgIpc) is 3.18. The molecule has 0 amide bonds. The molecule has 3 N–H and O–H groups in total. The first-order chi connectivity index (χ1) is 12.5. The lowest BCUT2D eigenvalue weighted by atomic mass is 9.99. The molecule has 3 heterocycles. The van der Waals surface area contributed by atoms with Crippen molar-refractivity contribution in [2.75, 3.05) is 0 Å². The van der Waals surface area contributed by atoms with E-state index in [9.17, 15) is 19.7 Å². The summed E-state index contributed by atoms with van der Waals surface area (Å²) in [5.74, 6) is -0.430. The standard InChI is InChI=1S/C18H18FN3O4/c1-9-12-6-7-22(17(12)21-8-20-9)18-15(25)14(24)16(26-18)13(23)10-2-4-11(19)5-3-10/h2-8,13-16,18,23-25H,1H3/t13-,14-,15+,16-,18+/m0/s1. The molecule has 0 bridgehead atoms. The van der Waals surface area contributed by atoms with E-state index in [0.717, 1.165) is 11.1 Å². The molecule has 0 unspecified atom stereocenters. The predicted molar refractivity (Wildman–Crippen MR) is 89.5 cm³/mol. The number of fused-ring (bicyclic) bond motifs is 1. The summed E-state index contributed by atoms with van der Waals surface area (Å²) in [6.45, 7) is 1.84. The van der Waals surface area contributed by atoms with E-state index in [-0.39, 0.29) is 0 Å². The molecule has 26 heavy (non-hydrogen) atoms. The maximum atomic E-state index is 13.1. The Kier molecular flexibility index (Phi) is 4.20. The summed E-state index contributed by atoms with van der Waals surface area (Å²) in [6.07, 6.45) is -2.68. The van der Waals surface area contributed by atoms with Crippen LogP contribution in [0.15, 0.2) is 42.9 Å². The number of aliphatic hydroxyl groups excluding tert-OH is 3. The van der Waals surface area contributed by atoms with Gasteiger partial charge in [-0.3, -0.25) is 0 Å². The third-order valence-corrected chi connectivity index (χ3v) is 4.78. The second-order valence-electron chi connectivity index (χ2n) is 6.39. The van der Waals surface area contributed by atoms with E-state index in [4.69, 9.17) is 4.74 Å². The minimum absolute atomic E-state index is 0.388. The molecule has 1 aliphatic rings. The molecule has 1 aromatic carbocycles. The normalized spacial score (nSPS) is 27.1. The van der Waals surface area contributed by atoms with Crippen molar-refractivity contribution in [2.24, 2.45) is 0 Å². The topological polar surface area (TPSA) is 101 Å². The number of ether oxygens (including phenoxy) is 1. The summed E-state index contributed by atoms with van der Waals surface area (Å²) < 4.78 is 20.5. The van der Waals surface area contributed by atoms with Crippen LogP contribution in [-0.4, -0.2) is 48.2 Å². The van der Waals surface area contributed by atoms with Crippen molar-refractivity contribution in [1.29, 1.82) is 0 Å². The number of benzene rings is 1. The number of aliphatic hydroxyl groups is 3. The smallest absolute Gasteiger partial charge is 0.164 e. The Hall–Kier alpha value is -2.39. The number of rotatable bonds is 3. The first kappa shape index (κ1) is 17.0. The highest BCUT2D eigenvalue weighted by atomic mass is 19.1. The fraction of sp³-hybridized carbons (Fsp3) is 0.333. The Balaban J connectivity index is 1.65.